The minimum absolute atomic E-state index is 0.413. The van der Waals surface area contributed by atoms with Crippen LogP contribution in [0.15, 0.2) is 53.7 Å². The number of nitrogens with zero attached hydrogens (tertiary/aromatic N) is 1. The molecule has 3 nitrogen and oxygen atoms in total. The van der Waals surface area contributed by atoms with Gasteiger partial charge in [0.2, 0.25) is 0 Å². The van der Waals surface area contributed by atoms with E-state index in [1.54, 1.807) is 12.3 Å². The van der Waals surface area contributed by atoms with Crippen LogP contribution in [0.5, 0.6) is 0 Å². The number of nitrogens with two attached hydrogens (primary N) is 1. The highest BCUT2D eigenvalue weighted by molar-refractivity contribution is 8.31. The number of hydrogen-bond acceptors (Lipinski definition) is 3. The molecular formula is C11H10N2OS2. The summed E-state index contributed by atoms with van der Waals surface area (Å²) in [7, 11) is -2.91. The van der Waals surface area contributed by atoms with Crippen LogP contribution in [-0.4, -0.2) is 9.19 Å². The molecule has 0 amide bonds. The molecule has 0 bridgehead atoms. The molecule has 0 radical (unpaired) electrons. The molecule has 0 aliphatic heterocycles. The number of pyridine rings is 1. The number of aromatic nitrogens is 1. The topological polar surface area (TPSA) is 56.0 Å². The standard InChI is InChI=1S/C11H10N2OS2/c12-16(14,15)11-8-13-7-6-10(11)9-4-2-1-3-5-9/h1-8H,(H2,12,14,15). The lowest BCUT2D eigenvalue weighted by atomic mass is 10.1. The van der Waals surface area contributed by atoms with Crippen LogP contribution in [0.4, 0.5) is 0 Å². The number of rotatable bonds is 2. The van der Waals surface area contributed by atoms with E-state index in [4.69, 9.17) is 16.3 Å². The predicted molar refractivity (Wildman–Crippen MR) is 67.6 cm³/mol. The van der Waals surface area contributed by atoms with Gasteiger partial charge in [-0.15, -0.1) is 0 Å². The highest BCUT2D eigenvalue weighted by Gasteiger charge is 2.11. The van der Waals surface area contributed by atoms with E-state index >= 15 is 0 Å². The van der Waals surface area contributed by atoms with Crippen LogP contribution in [0.1, 0.15) is 0 Å². The molecule has 82 valence electrons. The first-order valence-corrected chi connectivity index (χ1v) is 7.16. The van der Waals surface area contributed by atoms with Gasteiger partial charge in [0.05, 0.1) is 4.90 Å². The fourth-order valence-corrected chi connectivity index (χ4v) is 2.56. The largest absolute Gasteiger partial charge is 0.263 e. The normalized spacial score (nSPS) is 14.3. The summed E-state index contributed by atoms with van der Waals surface area (Å²) < 4.78 is 11.7. The maximum absolute atomic E-state index is 11.7. The minimum Gasteiger partial charge on any atom is -0.263 e. The van der Waals surface area contributed by atoms with Gasteiger partial charge < -0.3 is 0 Å². The van der Waals surface area contributed by atoms with E-state index in [1.807, 2.05) is 30.3 Å². The van der Waals surface area contributed by atoms with Gasteiger partial charge in [-0.1, -0.05) is 30.3 Å². The van der Waals surface area contributed by atoms with E-state index in [0.29, 0.717) is 4.90 Å². The van der Waals surface area contributed by atoms with Crippen LogP contribution in [0.3, 0.4) is 0 Å². The molecule has 2 aromatic rings. The molecule has 16 heavy (non-hydrogen) atoms. The van der Waals surface area contributed by atoms with Crippen LogP contribution in [0, 0.1) is 0 Å². The Morgan fingerprint density at radius 1 is 1.19 bits per heavy atom. The van der Waals surface area contributed by atoms with Gasteiger partial charge in [-0.2, -0.15) is 0 Å². The highest BCUT2D eigenvalue weighted by atomic mass is 32.8. The molecule has 0 saturated carbocycles. The molecule has 1 unspecified atom stereocenters. The lowest BCUT2D eigenvalue weighted by Gasteiger charge is -2.08. The predicted octanol–water partition coefficient (Wildman–Crippen LogP) is 1.73. The average molecular weight is 250 g/mol. The van der Waals surface area contributed by atoms with E-state index in [2.05, 4.69) is 4.98 Å². The molecule has 1 atom stereocenters. The van der Waals surface area contributed by atoms with Crippen molar-refractivity contribution in [3.05, 3.63) is 48.8 Å². The van der Waals surface area contributed by atoms with Crippen molar-refractivity contribution in [3.63, 3.8) is 0 Å². The lowest BCUT2D eigenvalue weighted by molar-refractivity contribution is 0.683. The van der Waals surface area contributed by atoms with Gasteiger partial charge in [0, 0.05) is 29.1 Å². The van der Waals surface area contributed by atoms with Crippen molar-refractivity contribution in [2.45, 2.75) is 4.90 Å². The Morgan fingerprint density at radius 2 is 1.88 bits per heavy atom. The van der Waals surface area contributed by atoms with E-state index in [1.165, 1.54) is 6.20 Å². The summed E-state index contributed by atoms with van der Waals surface area (Å²) in [5.74, 6) is 0. The monoisotopic (exact) mass is 250 g/mol. The highest BCUT2D eigenvalue weighted by Crippen LogP contribution is 2.25. The average Bonchev–Trinajstić information content (AvgIpc) is 2.29. The molecule has 1 aromatic carbocycles. The zero-order chi connectivity index (χ0) is 11.6. The van der Waals surface area contributed by atoms with Gasteiger partial charge >= 0.3 is 0 Å². The van der Waals surface area contributed by atoms with Crippen LogP contribution in [0.2, 0.25) is 0 Å². The molecule has 2 rings (SSSR count). The van der Waals surface area contributed by atoms with E-state index in [0.717, 1.165) is 11.1 Å². The summed E-state index contributed by atoms with van der Waals surface area (Å²) in [5.41, 5.74) is 1.71. The molecule has 0 aliphatic carbocycles. The molecule has 5 heteroatoms. The van der Waals surface area contributed by atoms with Crippen molar-refractivity contribution in [2.75, 3.05) is 0 Å². The molecule has 0 saturated heterocycles. The summed E-state index contributed by atoms with van der Waals surface area (Å²) in [6.45, 7) is 0. The molecule has 1 aromatic heterocycles. The Balaban J connectivity index is 2.68. The van der Waals surface area contributed by atoms with Gasteiger partial charge in [0.25, 0.3) is 0 Å². The van der Waals surface area contributed by atoms with Gasteiger partial charge in [0.15, 0.2) is 0 Å². The minimum atomic E-state index is -2.91. The second kappa shape index (κ2) is 4.29. The maximum atomic E-state index is 11.7. The summed E-state index contributed by atoms with van der Waals surface area (Å²) in [6.07, 6.45) is 3.10. The second-order valence-electron chi connectivity index (χ2n) is 3.28. The molecule has 0 aliphatic rings. The van der Waals surface area contributed by atoms with Gasteiger partial charge in [-0.25, -0.2) is 9.35 Å². The SMILES string of the molecule is NS(=O)(=S)c1cnccc1-c1ccccc1. The van der Waals surface area contributed by atoms with Gasteiger partial charge in [-0.05, 0) is 11.6 Å². The van der Waals surface area contributed by atoms with E-state index < -0.39 is 8.68 Å². The summed E-state index contributed by atoms with van der Waals surface area (Å²) in [4.78, 5) is 4.32. The lowest BCUT2D eigenvalue weighted by Crippen LogP contribution is -2.12. The van der Waals surface area contributed by atoms with Crippen molar-refractivity contribution < 1.29 is 4.21 Å². The Hall–Kier alpha value is -1.30. The zero-order valence-corrected chi connectivity index (χ0v) is 10.0. The molecule has 2 N–H and O–H groups in total. The van der Waals surface area contributed by atoms with Gasteiger partial charge in [-0.3, -0.25) is 4.98 Å². The molecule has 0 spiro atoms. The molecule has 0 fully saturated rings. The van der Waals surface area contributed by atoms with Crippen LogP contribution in [0.25, 0.3) is 11.1 Å². The van der Waals surface area contributed by atoms with Crippen molar-refractivity contribution in [1.29, 1.82) is 0 Å². The van der Waals surface area contributed by atoms with Crippen LogP contribution >= 0.6 is 0 Å². The summed E-state index contributed by atoms with van der Waals surface area (Å²) in [5, 5.41) is 5.50. The van der Waals surface area contributed by atoms with Gasteiger partial charge in [0.1, 0.15) is 8.68 Å². The fourth-order valence-electron chi connectivity index (χ4n) is 1.46. The first-order valence-electron chi connectivity index (χ1n) is 4.61. The number of hydrogen-bond donors (Lipinski definition) is 1. The summed E-state index contributed by atoms with van der Waals surface area (Å²) >= 11 is 4.80. The Bertz CT molecular complexity index is 594. The Kier molecular flexibility index (Phi) is 3.00. The van der Waals surface area contributed by atoms with Crippen molar-refractivity contribution in [2.24, 2.45) is 5.14 Å². The molecule has 1 heterocycles. The maximum Gasteiger partial charge on any atom is 0.118 e. The second-order valence-corrected chi connectivity index (χ2v) is 6.30. The van der Waals surface area contributed by atoms with Crippen LogP contribution < -0.4 is 5.14 Å². The first kappa shape index (κ1) is 11.2. The third-order valence-corrected chi connectivity index (χ3v) is 3.65. The number of benzene rings is 1. The van der Waals surface area contributed by atoms with Crippen LogP contribution in [-0.2, 0) is 19.9 Å². The summed E-state index contributed by atoms with van der Waals surface area (Å²) in [6, 6.07) is 11.3. The third-order valence-electron chi connectivity index (χ3n) is 2.18. The van der Waals surface area contributed by atoms with E-state index in [-0.39, 0.29) is 0 Å². The molecular weight excluding hydrogens is 240 g/mol. The first-order chi connectivity index (χ1) is 7.59. The van der Waals surface area contributed by atoms with Crippen molar-refractivity contribution >= 4 is 19.9 Å². The quantitative estimate of drug-likeness (QED) is 0.883. The smallest absolute Gasteiger partial charge is 0.118 e. The third kappa shape index (κ3) is 2.27. The fraction of sp³-hybridized carbons (Fsp3) is 0. The zero-order valence-electron chi connectivity index (χ0n) is 8.37. The Morgan fingerprint density at radius 3 is 2.50 bits per heavy atom. The Labute approximate surface area is 99.1 Å². The van der Waals surface area contributed by atoms with Crippen molar-refractivity contribution in [1.82, 2.24) is 4.98 Å². The van der Waals surface area contributed by atoms with E-state index in [9.17, 15) is 4.21 Å². The van der Waals surface area contributed by atoms with Crippen molar-refractivity contribution in [3.8, 4) is 11.1 Å².